The number of aryl methyl sites for hydroxylation is 1. The van der Waals surface area contributed by atoms with E-state index in [1.807, 2.05) is 29.8 Å². The van der Waals surface area contributed by atoms with Gasteiger partial charge in [-0.1, -0.05) is 6.07 Å². The summed E-state index contributed by atoms with van der Waals surface area (Å²) in [4.78, 5) is 25.8. The van der Waals surface area contributed by atoms with E-state index >= 15 is 0 Å². The number of amides is 1. The summed E-state index contributed by atoms with van der Waals surface area (Å²) in [6.45, 7) is 0.329. The van der Waals surface area contributed by atoms with Gasteiger partial charge in [-0.15, -0.1) is 0 Å². The number of aliphatic carboxylic acids is 1. The summed E-state index contributed by atoms with van der Waals surface area (Å²) in [5.41, 5.74) is 2.78. The van der Waals surface area contributed by atoms with Crippen LogP contribution in [0.2, 0.25) is 0 Å². The number of aromatic nitrogens is 2. The molecule has 1 heterocycles. The Labute approximate surface area is 109 Å². The van der Waals surface area contributed by atoms with Gasteiger partial charge in [-0.3, -0.25) is 4.79 Å². The molecule has 0 spiro atoms. The minimum absolute atomic E-state index is 0.329. The van der Waals surface area contributed by atoms with E-state index in [4.69, 9.17) is 5.11 Å². The number of rotatable bonds is 4. The number of carboxylic acid groups (broad SMARTS) is 1. The Morgan fingerprint density at radius 1 is 1.42 bits per heavy atom. The van der Waals surface area contributed by atoms with E-state index < -0.39 is 11.9 Å². The van der Waals surface area contributed by atoms with Crippen molar-refractivity contribution in [2.24, 2.45) is 7.05 Å². The van der Waals surface area contributed by atoms with Crippen LogP contribution in [0.25, 0.3) is 11.0 Å². The lowest BCUT2D eigenvalue weighted by molar-refractivity contribution is -0.131. The van der Waals surface area contributed by atoms with Crippen LogP contribution in [-0.2, 0) is 23.2 Å². The van der Waals surface area contributed by atoms with Crippen molar-refractivity contribution in [2.45, 2.75) is 6.54 Å². The fourth-order valence-corrected chi connectivity index (χ4v) is 1.69. The quantitative estimate of drug-likeness (QED) is 0.796. The van der Waals surface area contributed by atoms with E-state index in [-0.39, 0.29) is 0 Å². The number of carbonyl (C=O) groups excluding carboxylic acids is 1. The fraction of sp³-hybridized carbons (Fsp3) is 0.154. The number of nitrogens with one attached hydrogen (secondary N) is 1. The molecule has 6 heteroatoms. The van der Waals surface area contributed by atoms with Crippen LogP contribution in [0.15, 0.2) is 36.7 Å². The number of carboxylic acids is 1. The van der Waals surface area contributed by atoms with Gasteiger partial charge in [-0.05, 0) is 17.7 Å². The Balaban J connectivity index is 2.02. The number of imidazole rings is 1. The molecule has 0 bridgehead atoms. The minimum atomic E-state index is -1.15. The zero-order valence-corrected chi connectivity index (χ0v) is 10.3. The van der Waals surface area contributed by atoms with E-state index in [1.165, 1.54) is 0 Å². The van der Waals surface area contributed by atoms with E-state index in [0.29, 0.717) is 6.54 Å². The average molecular weight is 259 g/mol. The predicted octanol–water partition coefficient (Wildman–Crippen LogP) is 0.830. The molecule has 2 aromatic rings. The molecular weight excluding hydrogens is 246 g/mol. The smallest absolute Gasteiger partial charge is 0.328 e. The number of benzene rings is 1. The average Bonchev–Trinajstić information content (AvgIpc) is 2.75. The number of nitrogens with zero attached hydrogens (tertiary/aromatic N) is 2. The van der Waals surface area contributed by atoms with Crippen molar-refractivity contribution >= 4 is 22.9 Å². The van der Waals surface area contributed by atoms with Crippen molar-refractivity contribution in [3.05, 3.63) is 42.2 Å². The van der Waals surface area contributed by atoms with Crippen molar-refractivity contribution in [3.8, 4) is 0 Å². The Hall–Kier alpha value is -2.63. The van der Waals surface area contributed by atoms with Crippen molar-refractivity contribution in [1.29, 1.82) is 0 Å². The Kier molecular flexibility index (Phi) is 3.61. The first-order valence-electron chi connectivity index (χ1n) is 5.65. The molecule has 0 aliphatic rings. The summed E-state index contributed by atoms with van der Waals surface area (Å²) in [7, 11) is 1.91. The van der Waals surface area contributed by atoms with Crippen LogP contribution in [0.5, 0.6) is 0 Å². The second-order valence-electron chi connectivity index (χ2n) is 4.07. The third-order valence-electron chi connectivity index (χ3n) is 2.63. The molecule has 0 aliphatic heterocycles. The molecule has 0 aliphatic carbocycles. The van der Waals surface area contributed by atoms with Crippen LogP contribution in [0.1, 0.15) is 5.56 Å². The van der Waals surface area contributed by atoms with Crippen molar-refractivity contribution < 1.29 is 14.7 Å². The van der Waals surface area contributed by atoms with E-state index in [0.717, 1.165) is 28.7 Å². The van der Waals surface area contributed by atoms with Gasteiger partial charge in [0.25, 0.3) is 0 Å². The third kappa shape index (κ3) is 3.19. The highest BCUT2D eigenvalue weighted by Crippen LogP contribution is 2.13. The first-order chi connectivity index (χ1) is 9.06. The molecule has 6 nitrogen and oxygen atoms in total. The number of fused-ring (bicyclic) bond motifs is 1. The van der Waals surface area contributed by atoms with Crippen LogP contribution >= 0.6 is 0 Å². The standard InChI is InChI=1S/C13H13N3O3/c1-16-8-15-10-6-9(2-3-11(10)16)7-14-12(17)4-5-13(18)19/h2-6,8H,7H2,1H3,(H,14,17)(H,18,19)/b5-4+. The van der Waals surface area contributed by atoms with E-state index in [1.54, 1.807) is 6.33 Å². The van der Waals surface area contributed by atoms with Crippen LogP contribution in [0.4, 0.5) is 0 Å². The molecule has 2 rings (SSSR count). The van der Waals surface area contributed by atoms with Crippen molar-refractivity contribution in [2.75, 3.05) is 0 Å². The summed E-state index contributed by atoms with van der Waals surface area (Å²) in [6, 6.07) is 5.71. The maximum atomic E-state index is 11.3. The highest BCUT2D eigenvalue weighted by molar-refractivity contribution is 5.93. The molecule has 0 saturated heterocycles. The number of hydrogen-bond acceptors (Lipinski definition) is 3. The molecule has 0 fully saturated rings. The van der Waals surface area contributed by atoms with Crippen LogP contribution in [-0.4, -0.2) is 26.5 Å². The van der Waals surface area contributed by atoms with Gasteiger partial charge in [0.05, 0.1) is 17.4 Å². The summed E-state index contributed by atoms with van der Waals surface area (Å²) in [5, 5.41) is 11.0. The van der Waals surface area contributed by atoms with Crippen molar-refractivity contribution in [3.63, 3.8) is 0 Å². The monoisotopic (exact) mass is 259 g/mol. The lowest BCUT2D eigenvalue weighted by atomic mass is 10.2. The van der Waals surface area contributed by atoms with Gasteiger partial charge in [-0.2, -0.15) is 0 Å². The van der Waals surface area contributed by atoms with Gasteiger partial charge in [0, 0.05) is 25.7 Å². The summed E-state index contributed by atoms with van der Waals surface area (Å²) in [6.07, 6.45) is 3.52. The van der Waals surface area contributed by atoms with Crippen molar-refractivity contribution in [1.82, 2.24) is 14.9 Å². The summed E-state index contributed by atoms with van der Waals surface area (Å²) >= 11 is 0. The van der Waals surface area contributed by atoms with Gasteiger partial charge in [0.1, 0.15) is 0 Å². The molecule has 0 saturated carbocycles. The maximum absolute atomic E-state index is 11.3. The first kappa shape index (κ1) is 12.8. The van der Waals surface area contributed by atoms with Gasteiger partial charge in [0.2, 0.25) is 5.91 Å². The minimum Gasteiger partial charge on any atom is -0.478 e. The van der Waals surface area contributed by atoms with Gasteiger partial charge in [-0.25, -0.2) is 9.78 Å². The molecular formula is C13H13N3O3. The van der Waals surface area contributed by atoms with Crippen LogP contribution < -0.4 is 5.32 Å². The molecule has 1 aromatic heterocycles. The SMILES string of the molecule is Cn1cnc2cc(CNC(=O)/C=C/C(=O)O)ccc21. The fourth-order valence-electron chi connectivity index (χ4n) is 1.69. The number of carbonyl (C=O) groups is 2. The molecule has 1 aromatic carbocycles. The Morgan fingerprint density at radius 3 is 2.95 bits per heavy atom. The lowest BCUT2D eigenvalue weighted by Gasteiger charge is -2.03. The molecule has 2 N–H and O–H groups in total. The molecule has 0 atom stereocenters. The largest absolute Gasteiger partial charge is 0.478 e. The topological polar surface area (TPSA) is 84.2 Å². The van der Waals surface area contributed by atoms with Crippen LogP contribution in [0, 0.1) is 0 Å². The molecule has 98 valence electrons. The highest BCUT2D eigenvalue weighted by atomic mass is 16.4. The summed E-state index contributed by atoms with van der Waals surface area (Å²) < 4.78 is 1.91. The zero-order chi connectivity index (χ0) is 13.8. The highest BCUT2D eigenvalue weighted by Gasteiger charge is 2.02. The Bertz CT molecular complexity index is 658. The van der Waals surface area contributed by atoms with E-state index in [2.05, 4.69) is 10.3 Å². The third-order valence-corrected chi connectivity index (χ3v) is 2.63. The zero-order valence-electron chi connectivity index (χ0n) is 10.3. The summed E-state index contributed by atoms with van der Waals surface area (Å²) in [5.74, 6) is -1.59. The lowest BCUT2D eigenvalue weighted by Crippen LogP contribution is -2.20. The maximum Gasteiger partial charge on any atom is 0.328 e. The van der Waals surface area contributed by atoms with Gasteiger partial charge < -0.3 is 15.0 Å². The molecule has 19 heavy (non-hydrogen) atoms. The second kappa shape index (κ2) is 5.34. The Morgan fingerprint density at radius 2 is 2.21 bits per heavy atom. The molecule has 0 radical (unpaired) electrons. The van der Waals surface area contributed by atoms with Gasteiger partial charge in [0.15, 0.2) is 0 Å². The first-order valence-corrected chi connectivity index (χ1v) is 5.65. The predicted molar refractivity (Wildman–Crippen MR) is 69.3 cm³/mol. The molecule has 0 unspecified atom stereocenters. The normalized spacial score (nSPS) is 11.0. The molecule has 1 amide bonds. The number of hydrogen-bond donors (Lipinski definition) is 2. The van der Waals surface area contributed by atoms with Crippen LogP contribution in [0.3, 0.4) is 0 Å². The van der Waals surface area contributed by atoms with Gasteiger partial charge >= 0.3 is 5.97 Å². The van der Waals surface area contributed by atoms with E-state index in [9.17, 15) is 9.59 Å². The second-order valence-corrected chi connectivity index (χ2v) is 4.07.